The number of methoxy groups -OCH3 is 2. The predicted molar refractivity (Wildman–Crippen MR) is 99.7 cm³/mol. The van der Waals surface area contributed by atoms with Crippen molar-refractivity contribution < 1.29 is 19.0 Å². The molecule has 0 aromatic heterocycles. The first-order valence-corrected chi connectivity index (χ1v) is 8.66. The molecular weight excluding hydrogens is 340 g/mol. The Labute approximate surface area is 153 Å². The van der Waals surface area contributed by atoms with Gasteiger partial charge in [-0.2, -0.15) is 0 Å². The third-order valence-corrected chi connectivity index (χ3v) is 4.11. The standard InChI is InChI=1S/C18H24N2O4S/c1-5-8-12-14(17(21)24-6-2)15(20-18(25)19-12)11-9-7-10-13(22-3)16(11)23-4/h7,9-10,15H,5-6,8H2,1-4H3,(H2,19,20,25)/t15-/m1/s1. The van der Waals surface area contributed by atoms with Crippen LogP contribution in [-0.2, 0) is 9.53 Å². The molecule has 25 heavy (non-hydrogen) atoms. The van der Waals surface area contributed by atoms with Crippen LogP contribution < -0.4 is 20.1 Å². The van der Waals surface area contributed by atoms with Crippen LogP contribution in [0.1, 0.15) is 38.3 Å². The first kappa shape index (κ1) is 19.1. The number of hydrogen-bond donors (Lipinski definition) is 2. The first-order valence-electron chi connectivity index (χ1n) is 8.25. The zero-order chi connectivity index (χ0) is 18.4. The largest absolute Gasteiger partial charge is 0.493 e. The van der Waals surface area contributed by atoms with Gasteiger partial charge in [-0.3, -0.25) is 0 Å². The minimum Gasteiger partial charge on any atom is -0.493 e. The van der Waals surface area contributed by atoms with Crippen molar-refractivity contribution in [1.29, 1.82) is 0 Å². The molecule has 1 heterocycles. The van der Waals surface area contributed by atoms with Gasteiger partial charge in [0.2, 0.25) is 0 Å². The molecule has 1 atom stereocenters. The van der Waals surface area contributed by atoms with Crippen molar-refractivity contribution in [2.24, 2.45) is 0 Å². The highest BCUT2D eigenvalue weighted by Gasteiger charge is 2.34. The summed E-state index contributed by atoms with van der Waals surface area (Å²) in [7, 11) is 3.15. The van der Waals surface area contributed by atoms with Gasteiger partial charge >= 0.3 is 5.97 Å². The molecule has 0 unspecified atom stereocenters. The van der Waals surface area contributed by atoms with E-state index >= 15 is 0 Å². The van der Waals surface area contributed by atoms with Crippen LogP contribution in [0, 0.1) is 0 Å². The van der Waals surface area contributed by atoms with E-state index in [9.17, 15) is 4.79 Å². The molecule has 136 valence electrons. The van der Waals surface area contributed by atoms with Gasteiger partial charge in [0.1, 0.15) is 0 Å². The summed E-state index contributed by atoms with van der Waals surface area (Å²) in [5.74, 6) is 0.777. The van der Waals surface area contributed by atoms with E-state index in [2.05, 4.69) is 10.6 Å². The topological polar surface area (TPSA) is 68.8 Å². The third kappa shape index (κ3) is 4.04. The van der Waals surface area contributed by atoms with Crippen molar-refractivity contribution in [1.82, 2.24) is 10.6 Å². The Morgan fingerprint density at radius 1 is 1.24 bits per heavy atom. The maximum Gasteiger partial charge on any atom is 0.338 e. The molecule has 1 aliphatic rings. The van der Waals surface area contributed by atoms with Gasteiger partial charge in [-0.05, 0) is 31.6 Å². The number of ether oxygens (including phenoxy) is 3. The highest BCUT2D eigenvalue weighted by Crippen LogP contribution is 2.39. The number of benzene rings is 1. The monoisotopic (exact) mass is 364 g/mol. The molecule has 0 saturated carbocycles. The van der Waals surface area contributed by atoms with Gasteiger partial charge in [0.05, 0.1) is 32.4 Å². The molecule has 7 heteroatoms. The third-order valence-electron chi connectivity index (χ3n) is 3.89. The van der Waals surface area contributed by atoms with Gasteiger partial charge in [-0.1, -0.05) is 25.5 Å². The van der Waals surface area contributed by atoms with Crippen LogP contribution in [0.2, 0.25) is 0 Å². The summed E-state index contributed by atoms with van der Waals surface area (Å²) in [4.78, 5) is 12.7. The predicted octanol–water partition coefficient (Wildman–Crippen LogP) is 2.84. The fraction of sp³-hybridized carbons (Fsp3) is 0.444. The van der Waals surface area contributed by atoms with Gasteiger partial charge in [0, 0.05) is 11.3 Å². The van der Waals surface area contributed by atoms with Crippen LogP contribution in [0.15, 0.2) is 29.5 Å². The zero-order valence-electron chi connectivity index (χ0n) is 15.0. The SMILES string of the molecule is CCCC1=C(C(=O)OCC)[C@@H](c2cccc(OC)c2OC)NC(=S)N1. The average Bonchev–Trinajstić information content (AvgIpc) is 2.60. The number of thiocarbonyl (C=S) groups is 1. The number of carbonyl (C=O) groups is 1. The second kappa shape index (κ2) is 8.71. The van der Waals surface area contributed by atoms with Gasteiger partial charge in [-0.15, -0.1) is 0 Å². The molecule has 0 amide bonds. The molecule has 0 bridgehead atoms. The maximum atomic E-state index is 12.7. The summed E-state index contributed by atoms with van der Waals surface area (Å²) in [6.07, 6.45) is 1.56. The molecule has 0 aliphatic carbocycles. The van der Waals surface area contributed by atoms with Crippen molar-refractivity contribution in [3.8, 4) is 11.5 Å². The van der Waals surface area contributed by atoms with Crippen LogP contribution >= 0.6 is 12.2 Å². The van der Waals surface area contributed by atoms with Gasteiger partial charge in [0.25, 0.3) is 0 Å². The first-order chi connectivity index (χ1) is 12.1. The molecule has 0 radical (unpaired) electrons. The zero-order valence-corrected chi connectivity index (χ0v) is 15.8. The van der Waals surface area contributed by atoms with E-state index in [-0.39, 0.29) is 5.97 Å². The van der Waals surface area contributed by atoms with Crippen molar-refractivity contribution in [2.75, 3.05) is 20.8 Å². The summed E-state index contributed by atoms with van der Waals surface area (Å²) in [6.45, 7) is 4.13. The lowest BCUT2D eigenvalue weighted by molar-refractivity contribution is -0.139. The Morgan fingerprint density at radius 3 is 2.60 bits per heavy atom. The molecule has 6 nitrogen and oxygen atoms in total. The fourth-order valence-electron chi connectivity index (χ4n) is 2.89. The lowest BCUT2D eigenvalue weighted by Crippen LogP contribution is -2.45. The molecular formula is C18H24N2O4S. The lowest BCUT2D eigenvalue weighted by Gasteiger charge is -2.32. The summed E-state index contributed by atoms with van der Waals surface area (Å²) in [5, 5.41) is 6.73. The molecule has 2 rings (SSSR count). The summed E-state index contributed by atoms with van der Waals surface area (Å²) in [5.41, 5.74) is 2.06. The highest BCUT2D eigenvalue weighted by molar-refractivity contribution is 7.80. The fourth-order valence-corrected chi connectivity index (χ4v) is 3.13. The van der Waals surface area contributed by atoms with E-state index in [0.717, 1.165) is 17.7 Å². The van der Waals surface area contributed by atoms with Crippen LogP contribution in [-0.4, -0.2) is 31.9 Å². The Kier molecular flexibility index (Phi) is 6.64. The van der Waals surface area contributed by atoms with Gasteiger partial charge < -0.3 is 24.8 Å². The molecule has 1 aromatic carbocycles. The van der Waals surface area contributed by atoms with Crippen LogP contribution in [0.25, 0.3) is 0 Å². The molecule has 0 spiro atoms. The minimum atomic E-state index is -0.473. The summed E-state index contributed by atoms with van der Waals surface area (Å²) < 4.78 is 16.2. The quantitative estimate of drug-likeness (QED) is 0.569. The van der Waals surface area contributed by atoms with Crippen LogP contribution in [0.4, 0.5) is 0 Å². The Morgan fingerprint density at radius 2 is 2.00 bits per heavy atom. The Hall–Kier alpha value is -2.28. The van der Waals surface area contributed by atoms with Crippen LogP contribution in [0.3, 0.4) is 0 Å². The molecule has 1 aromatic rings. The van der Waals surface area contributed by atoms with E-state index in [1.54, 1.807) is 21.1 Å². The van der Waals surface area contributed by atoms with E-state index in [0.29, 0.717) is 35.2 Å². The van der Waals surface area contributed by atoms with Crippen molar-refractivity contribution in [3.05, 3.63) is 35.0 Å². The van der Waals surface area contributed by atoms with Crippen LogP contribution in [0.5, 0.6) is 11.5 Å². The second-order valence-electron chi connectivity index (χ2n) is 5.48. The Balaban J connectivity index is 2.61. The second-order valence-corrected chi connectivity index (χ2v) is 5.89. The molecule has 1 aliphatic heterocycles. The smallest absolute Gasteiger partial charge is 0.338 e. The van der Waals surface area contributed by atoms with Crippen molar-refractivity contribution >= 4 is 23.3 Å². The lowest BCUT2D eigenvalue weighted by atomic mass is 9.93. The molecule has 0 saturated heterocycles. The normalized spacial score (nSPS) is 16.8. The highest BCUT2D eigenvalue weighted by atomic mass is 32.1. The summed E-state index contributed by atoms with van der Waals surface area (Å²) >= 11 is 5.34. The van der Waals surface area contributed by atoms with E-state index in [4.69, 9.17) is 26.4 Å². The average molecular weight is 364 g/mol. The number of para-hydroxylation sites is 1. The number of hydrogen-bond acceptors (Lipinski definition) is 5. The summed E-state index contributed by atoms with van der Waals surface area (Å²) in [6, 6.07) is 5.07. The van der Waals surface area contributed by atoms with E-state index < -0.39 is 6.04 Å². The Bertz CT molecular complexity index is 688. The number of esters is 1. The van der Waals surface area contributed by atoms with Gasteiger partial charge in [0.15, 0.2) is 16.6 Å². The van der Waals surface area contributed by atoms with Crippen molar-refractivity contribution in [3.63, 3.8) is 0 Å². The molecule has 0 fully saturated rings. The van der Waals surface area contributed by atoms with E-state index in [1.165, 1.54) is 0 Å². The maximum absolute atomic E-state index is 12.7. The minimum absolute atomic E-state index is 0.300. The van der Waals surface area contributed by atoms with Gasteiger partial charge in [-0.25, -0.2) is 4.79 Å². The number of nitrogens with one attached hydrogen (secondary N) is 2. The van der Waals surface area contributed by atoms with Crippen molar-refractivity contribution in [2.45, 2.75) is 32.7 Å². The number of rotatable bonds is 7. The molecule has 2 N–H and O–H groups in total. The number of allylic oxidation sites excluding steroid dienone is 1. The van der Waals surface area contributed by atoms with E-state index in [1.807, 2.05) is 25.1 Å². The number of carbonyl (C=O) groups excluding carboxylic acids is 1.